The number of anilines is 2. The van der Waals surface area contributed by atoms with Gasteiger partial charge in [-0.15, -0.1) is 13.2 Å². The molecule has 0 bridgehead atoms. The van der Waals surface area contributed by atoms with Gasteiger partial charge in [-0.3, -0.25) is 9.80 Å². The summed E-state index contributed by atoms with van der Waals surface area (Å²) in [6.45, 7) is 1.92. The fraction of sp³-hybridized carbons (Fsp3) is 0.259. The molecular formula is C27H22F3N3O3. The van der Waals surface area contributed by atoms with Crippen molar-refractivity contribution in [3.05, 3.63) is 89.5 Å². The molecule has 2 amide bonds. The number of nitriles is 1. The van der Waals surface area contributed by atoms with Crippen molar-refractivity contribution in [1.82, 2.24) is 0 Å². The zero-order valence-electron chi connectivity index (χ0n) is 19.3. The van der Waals surface area contributed by atoms with Crippen LogP contribution in [-0.4, -0.2) is 23.0 Å². The average Bonchev–Trinajstić information content (AvgIpc) is 3.03. The van der Waals surface area contributed by atoms with Crippen LogP contribution in [0.4, 0.5) is 29.3 Å². The van der Waals surface area contributed by atoms with Gasteiger partial charge in [-0.1, -0.05) is 29.8 Å². The maximum Gasteiger partial charge on any atom is 0.573 e. The lowest BCUT2D eigenvalue weighted by Gasteiger charge is -2.52. The van der Waals surface area contributed by atoms with Gasteiger partial charge in [-0.05, 0) is 74.7 Å². The fourth-order valence-electron chi connectivity index (χ4n) is 5.21. The summed E-state index contributed by atoms with van der Waals surface area (Å²) < 4.78 is 43.1. The van der Waals surface area contributed by atoms with E-state index in [1.54, 1.807) is 29.2 Å². The number of benzene rings is 3. The number of aryl methyl sites for hydroxylation is 1. The molecule has 9 heteroatoms. The molecule has 1 saturated heterocycles. The van der Waals surface area contributed by atoms with Crippen LogP contribution in [0.2, 0.25) is 0 Å². The molecule has 1 heterocycles. The summed E-state index contributed by atoms with van der Waals surface area (Å²) >= 11 is 0. The molecule has 3 aromatic carbocycles. The van der Waals surface area contributed by atoms with Gasteiger partial charge in [-0.2, -0.15) is 5.26 Å². The summed E-state index contributed by atoms with van der Waals surface area (Å²) in [4.78, 5) is 16.8. The molecule has 2 aliphatic rings. The predicted molar refractivity (Wildman–Crippen MR) is 126 cm³/mol. The number of halogens is 3. The monoisotopic (exact) mass is 493 g/mol. The lowest BCUT2D eigenvalue weighted by atomic mass is 9.66. The van der Waals surface area contributed by atoms with Crippen molar-refractivity contribution in [3.63, 3.8) is 0 Å². The van der Waals surface area contributed by atoms with Crippen LogP contribution in [0.3, 0.4) is 0 Å². The number of carbonyl (C=O) groups excluding carboxylic acids is 1. The molecule has 1 spiro atoms. The van der Waals surface area contributed by atoms with Crippen molar-refractivity contribution in [2.75, 3.05) is 9.80 Å². The van der Waals surface area contributed by atoms with Gasteiger partial charge in [0.2, 0.25) is 0 Å². The van der Waals surface area contributed by atoms with Gasteiger partial charge in [-0.25, -0.2) is 4.79 Å². The minimum atomic E-state index is -4.92. The SMILES string of the molecule is Cc1ccc(N2C(=O)N(c3ccc(C#N)cc3)C(O)(c3cccc(OC(F)(F)F)c3)C23CCC3)cc1. The van der Waals surface area contributed by atoms with Crippen LogP contribution in [0.15, 0.2) is 72.8 Å². The molecule has 1 saturated carbocycles. The highest BCUT2D eigenvalue weighted by molar-refractivity contribution is 6.09. The number of hydrogen-bond donors (Lipinski definition) is 1. The Labute approximate surface area is 205 Å². The van der Waals surface area contributed by atoms with E-state index in [0.717, 1.165) is 24.1 Å². The number of hydrogen-bond acceptors (Lipinski definition) is 4. The molecular weight excluding hydrogens is 471 g/mol. The van der Waals surface area contributed by atoms with Crippen LogP contribution < -0.4 is 14.5 Å². The van der Waals surface area contributed by atoms with Crippen LogP contribution in [0.1, 0.15) is 36.0 Å². The van der Waals surface area contributed by atoms with Crippen molar-refractivity contribution < 1.29 is 27.8 Å². The number of rotatable bonds is 4. The number of amides is 2. The van der Waals surface area contributed by atoms with E-state index >= 15 is 0 Å². The fourth-order valence-corrected chi connectivity index (χ4v) is 5.21. The Morgan fingerprint density at radius 3 is 2.14 bits per heavy atom. The zero-order chi connectivity index (χ0) is 25.7. The van der Waals surface area contributed by atoms with Gasteiger partial charge in [0, 0.05) is 16.9 Å². The molecule has 1 unspecified atom stereocenters. The molecule has 6 nitrogen and oxygen atoms in total. The van der Waals surface area contributed by atoms with E-state index in [2.05, 4.69) is 4.74 Å². The quantitative estimate of drug-likeness (QED) is 0.485. The van der Waals surface area contributed by atoms with Gasteiger partial charge in [0.25, 0.3) is 0 Å². The van der Waals surface area contributed by atoms with Gasteiger partial charge in [0.15, 0.2) is 5.72 Å². The van der Waals surface area contributed by atoms with E-state index in [9.17, 15) is 28.3 Å². The summed E-state index contributed by atoms with van der Waals surface area (Å²) in [6, 6.07) is 20.0. The van der Waals surface area contributed by atoms with Gasteiger partial charge < -0.3 is 9.84 Å². The molecule has 1 N–H and O–H groups in total. The summed E-state index contributed by atoms with van der Waals surface area (Å²) in [5.41, 5.74) is -0.827. The van der Waals surface area contributed by atoms with Crippen molar-refractivity contribution in [2.45, 2.75) is 43.8 Å². The number of nitrogens with zero attached hydrogens (tertiary/aromatic N) is 3. The largest absolute Gasteiger partial charge is 0.573 e. The third-order valence-corrected chi connectivity index (χ3v) is 6.98. The maximum absolute atomic E-state index is 14.1. The first-order chi connectivity index (χ1) is 17.1. The molecule has 0 aromatic heterocycles. The highest BCUT2D eigenvalue weighted by Gasteiger charge is 2.70. The molecule has 5 rings (SSSR count). The highest BCUT2D eigenvalue weighted by Crippen LogP contribution is 2.59. The van der Waals surface area contributed by atoms with Crippen LogP contribution >= 0.6 is 0 Å². The van der Waals surface area contributed by atoms with E-state index in [0.29, 0.717) is 29.8 Å². The zero-order valence-corrected chi connectivity index (χ0v) is 19.3. The third-order valence-electron chi connectivity index (χ3n) is 6.98. The molecule has 0 radical (unpaired) electrons. The predicted octanol–water partition coefficient (Wildman–Crippen LogP) is 5.98. The van der Waals surface area contributed by atoms with E-state index in [4.69, 9.17) is 0 Å². The first-order valence-corrected chi connectivity index (χ1v) is 11.4. The first-order valence-electron chi connectivity index (χ1n) is 11.4. The van der Waals surface area contributed by atoms with Crippen LogP contribution in [0, 0.1) is 18.3 Å². The van der Waals surface area contributed by atoms with Gasteiger partial charge in [0.1, 0.15) is 11.3 Å². The van der Waals surface area contributed by atoms with E-state index < -0.39 is 29.4 Å². The Kier molecular flexibility index (Phi) is 5.45. The van der Waals surface area contributed by atoms with E-state index in [-0.39, 0.29) is 5.56 Å². The Morgan fingerprint density at radius 1 is 0.972 bits per heavy atom. The second-order valence-corrected chi connectivity index (χ2v) is 9.08. The van der Waals surface area contributed by atoms with E-state index in [1.165, 1.54) is 29.2 Å². The molecule has 2 fully saturated rings. The summed E-state index contributed by atoms with van der Waals surface area (Å²) in [5, 5.41) is 21.7. The topological polar surface area (TPSA) is 76.8 Å². The lowest BCUT2D eigenvalue weighted by Crippen LogP contribution is -2.63. The van der Waals surface area contributed by atoms with Gasteiger partial charge >= 0.3 is 12.4 Å². The molecule has 1 atom stereocenters. The Morgan fingerprint density at radius 2 is 1.58 bits per heavy atom. The highest BCUT2D eigenvalue weighted by atomic mass is 19.4. The smallest absolute Gasteiger partial charge is 0.406 e. The molecule has 3 aromatic rings. The number of aliphatic hydroxyl groups is 1. The van der Waals surface area contributed by atoms with Crippen LogP contribution in [-0.2, 0) is 5.72 Å². The Balaban J connectivity index is 1.72. The standard InChI is InChI=1S/C27H22F3N3O3/c1-18-6-10-21(11-7-18)32-24(34)33(22-12-8-19(17-31)9-13-22)26(35,25(32)14-3-15-25)20-4-2-5-23(16-20)36-27(28,29)30/h2,4-13,16,35H,3,14-15H2,1H3. The van der Waals surface area contributed by atoms with Crippen molar-refractivity contribution in [1.29, 1.82) is 5.26 Å². The third kappa shape index (κ3) is 3.57. The second kappa shape index (κ2) is 8.28. The number of urea groups is 1. The number of carbonyl (C=O) groups is 1. The minimum Gasteiger partial charge on any atom is -0.406 e. The minimum absolute atomic E-state index is 0.0938. The molecule has 1 aliphatic carbocycles. The Bertz CT molecular complexity index is 1350. The van der Waals surface area contributed by atoms with E-state index in [1.807, 2.05) is 25.1 Å². The number of alkyl halides is 3. The first kappa shape index (κ1) is 23.7. The molecule has 36 heavy (non-hydrogen) atoms. The second-order valence-electron chi connectivity index (χ2n) is 9.08. The molecule has 1 aliphatic heterocycles. The summed E-state index contributed by atoms with van der Waals surface area (Å²) in [6.07, 6.45) is -3.33. The van der Waals surface area contributed by atoms with Crippen molar-refractivity contribution in [3.8, 4) is 11.8 Å². The van der Waals surface area contributed by atoms with Crippen LogP contribution in [0.25, 0.3) is 0 Å². The molecule has 184 valence electrons. The average molecular weight is 493 g/mol. The summed E-state index contributed by atoms with van der Waals surface area (Å²) in [7, 11) is 0. The van der Waals surface area contributed by atoms with Crippen molar-refractivity contribution >= 4 is 17.4 Å². The maximum atomic E-state index is 14.1. The Hall–Kier alpha value is -4.03. The normalized spacial score (nSPS) is 20.8. The van der Waals surface area contributed by atoms with Gasteiger partial charge in [0.05, 0.1) is 11.6 Å². The van der Waals surface area contributed by atoms with Crippen LogP contribution in [0.5, 0.6) is 5.75 Å². The van der Waals surface area contributed by atoms with Crippen molar-refractivity contribution in [2.24, 2.45) is 0 Å². The summed E-state index contributed by atoms with van der Waals surface area (Å²) in [5.74, 6) is -0.496. The lowest BCUT2D eigenvalue weighted by molar-refractivity contribution is -0.274. The number of ether oxygens (including phenoxy) is 1.